The smallest absolute Gasteiger partial charge is 0.327 e. The summed E-state index contributed by atoms with van der Waals surface area (Å²) < 4.78 is 29.0. The molecule has 1 aliphatic heterocycles. The molecule has 1 unspecified atom stereocenters. The molecule has 1 aliphatic rings. The molecule has 0 spiro atoms. The number of methoxy groups -OCH3 is 1. The highest BCUT2D eigenvalue weighted by atomic mass is 32.2. The molecule has 0 bridgehead atoms. The number of carboxylic acid groups (broad SMARTS) is 1. The van der Waals surface area contributed by atoms with E-state index in [1.54, 1.807) is 0 Å². The van der Waals surface area contributed by atoms with Gasteiger partial charge in [0.15, 0.2) is 5.54 Å². The number of hydrogen-bond donors (Lipinski definition) is 1. The second kappa shape index (κ2) is 4.07. The number of hydrogen-bond acceptors (Lipinski definition) is 4. The first kappa shape index (κ1) is 12.4. The minimum atomic E-state index is -3.44. The van der Waals surface area contributed by atoms with Crippen LogP contribution in [0.5, 0.6) is 0 Å². The summed E-state index contributed by atoms with van der Waals surface area (Å²) in [5.74, 6) is -1.17. The Morgan fingerprint density at radius 3 is 2.53 bits per heavy atom. The fraction of sp³-hybridized carbons (Fsp3) is 0.875. The molecule has 1 fully saturated rings. The zero-order valence-corrected chi connectivity index (χ0v) is 9.58. The van der Waals surface area contributed by atoms with Crippen molar-refractivity contribution in [2.24, 2.45) is 0 Å². The van der Waals surface area contributed by atoms with E-state index in [2.05, 4.69) is 0 Å². The molecule has 1 heterocycles. The molecule has 0 aromatic rings. The number of sulfonamides is 1. The van der Waals surface area contributed by atoms with Gasteiger partial charge in [-0.25, -0.2) is 8.42 Å². The van der Waals surface area contributed by atoms with Crippen molar-refractivity contribution in [3.8, 4) is 0 Å². The Morgan fingerprint density at radius 2 is 2.20 bits per heavy atom. The number of aliphatic carboxylic acids is 1. The lowest BCUT2D eigenvalue weighted by Crippen LogP contribution is -2.56. The summed E-state index contributed by atoms with van der Waals surface area (Å²) >= 11 is 0. The van der Waals surface area contributed by atoms with Gasteiger partial charge in [-0.1, -0.05) is 0 Å². The SMILES string of the molecule is COCC(C)(C(=O)O)N1CCCS1(=O)=O. The predicted molar refractivity (Wildman–Crippen MR) is 53.0 cm³/mol. The minimum absolute atomic E-state index is 0.0135. The molecule has 0 aromatic heterocycles. The van der Waals surface area contributed by atoms with Crippen LogP contribution in [0.15, 0.2) is 0 Å². The van der Waals surface area contributed by atoms with Gasteiger partial charge in [0.1, 0.15) is 0 Å². The average molecular weight is 237 g/mol. The number of ether oxygens (including phenoxy) is 1. The van der Waals surface area contributed by atoms with Gasteiger partial charge in [0.05, 0.1) is 12.4 Å². The van der Waals surface area contributed by atoms with Gasteiger partial charge < -0.3 is 9.84 Å². The molecule has 0 amide bonds. The van der Waals surface area contributed by atoms with E-state index < -0.39 is 21.5 Å². The second-order valence-electron chi connectivity index (χ2n) is 3.75. The van der Waals surface area contributed by atoms with Crippen LogP contribution in [0.2, 0.25) is 0 Å². The van der Waals surface area contributed by atoms with Crippen molar-refractivity contribution < 1.29 is 23.1 Å². The Balaban J connectivity index is 3.05. The lowest BCUT2D eigenvalue weighted by Gasteiger charge is -2.32. The highest BCUT2D eigenvalue weighted by Crippen LogP contribution is 2.26. The molecule has 0 radical (unpaired) electrons. The van der Waals surface area contributed by atoms with Crippen molar-refractivity contribution in [1.82, 2.24) is 4.31 Å². The summed E-state index contributed by atoms with van der Waals surface area (Å²) in [5, 5.41) is 9.07. The van der Waals surface area contributed by atoms with Gasteiger partial charge in [-0.3, -0.25) is 4.79 Å². The van der Waals surface area contributed by atoms with Gasteiger partial charge in [0, 0.05) is 13.7 Å². The van der Waals surface area contributed by atoms with Crippen molar-refractivity contribution in [1.29, 1.82) is 0 Å². The van der Waals surface area contributed by atoms with E-state index in [9.17, 15) is 13.2 Å². The molecule has 15 heavy (non-hydrogen) atoms. The quantitative estimate of drug-likeness (QED) is 0.713. The third-order valence-corrected chi connectivity index (χ3v) is 4.60. The maximum absolute atomic E-state index is 11.6. The fourth-order valence-corrected chi connectivity index (χ4v) is 3.58. The third-order valence-electron chi connectivity index (χ3n) is 2.54. The highest BCUT2D eigenvalue weighted by molar-refractivity contribution is 7.89. The molecule has 1 atom stereocenters. The maximum Gasteiger partial charge on any atom is 0.327 e. The molecule has 1 saturated heterocycles. The molecule has 1 rings (SSSR count). The summed E-state index contributed by atoms with van der Waals surface area (Å²) in [4.78, 5) is 11.1. The first-order valence-electron chi connectivity index (χ1n) is 4.57. The normalized spacial score (nSPS) is 24.9. The van der Waals surface area contributed by atoms with Crippen LogP contribution < -0.4 is 0 Å². The van der Waals surface area contributed by atoms with Crippen LogP contribution in [0.4, 0.5) is 0 Å². The number of carbonyl (C=O) groups is 1. The maximum atomic E-state index is 11.6. The standard InChI is InChI=1S/C8H15NO5S/c1-8(6-14-2,7(10)11)9-4-3-5-15(9,12)13/h3-6H2,1-2H3,(H,10,11). The lowest BCUT2D eigenvalue weighted by atomic mass is 10.0. The van der Waals surface area contributed by atoms with Crippen LogP contribution in [-0.4, -0.2) is 55.4 Å². The summed E-state index contributed by atoms with van der Waals surface area (Å²) in [6.45, 7) is 1.46. The number of rotatable bonds is 4. The van der Waals surface area contributed by atoms with Gasteiger partial charge >= 0.3 is 5.97 Å². The average Bonchev–Trinajstić information content (AvgIpc) is 2.45. The van der Waals surface area contributed by atoms with Crippen LogP contribution in [-0.2, 0) is 19.6 Å². The molecule has 6 nitrogen and oxygen atoms in total. The van der Waals surface area contributed by atoms with E-state index in [0.717, 1.165) is 4.31 Å². The summed E-state index contributed by atoms with van der Waals surface area (Å²) in [6.07, 6.45) is 0.467. The Bertz CT molecular complexity index is 352. The van der Waals surface area contributed by atoms with Crippen LogP contribution in [0.25, 0.3) is 0 Å². The number of carboxylic acids is 1. The fourth-order valence-electron chi connectivity index (χ4n) is 1.72. The summed E-state index contributed by atoms with van der Waals surface area (Å²) in [6, 6.07) is 0. The minimum Gasteiger partial charge on any atom is -0.480 e. The van der Waals surface area contributed by atoms with Crippen LogP contribution in [0.3, 0.4) is 0 Å². The van der Waals surface area contributed by atoms with E-state index in [-0.39, 0.29) is 18.9 Å². The molecule has 7 heteroatoms. The Kier molecular flexibility index (Phi) is 3.37. The summed E-state index contributed by atoms with van der Waals surface area (Å²) in [7, 11) is -2.09. The largest absolute Gasteiger partial charge is 0.480 e. The zero-order valence-electron chi connectivity index (χ0n) is 8.76. The van der Waals surface area contributed by atoms with E-state index in [4.69, 9.17) is 9.84 Å². The number of nitrogens with zero attached hydrogens (tertiary/aromatic N) is 1. The molecular weight excluding hydrogens is 222 g/mol. The molecule has 0 aliphatic carbocycles. The molecule has 0 aromatic carbocycles. The van der Waals surface area contributed by atoms with Crippen molar-refractivity contribution >= 4 is 16.0 Å². The van der Waals surface area contributed by atoms with Gasteiger partial charge in [-0.2, -0.15) is 4.31 Å². The second-order valence-corrected chi connectivity index (χ2v) is 5.77. The lowest BCUT2D eigenvalue weighted by molar-refractivity contribution is -0.150. The molecule has 1 N–H and O–H groups in total. The topological polar surface area (TPSA) is 83.9 Å². The zero-order chi connectivity index (χ0) is 11.7. The summed E-state index contributed by atoms with van der Waals surface area (Å²) in [5.41, 5.74) is -1.50. The van der Waals surface area contributed by atoms with Gasteiger partial charge in [-0.05, 0) is 13.3 Å². The monoisotopic (exact) mass is 237 g/mol. The van der Waals surface area contributed by atoms with E-state index in [1.807, 2.05) is 0 Å². The van der Waals surface area contributed by atoms with Crippen molar-refractivity contribution in [2.75, 3.05) is 26.0 Å². The van der Waals surface area contributed by atoms with E-state index in [1.165, 1.54) is 14.0 Å². The van der Waals surface area contributed by atoms with Crippen molar-refractivity contribution in [2.45, 2.75) is 18.9 Å². The highest BCUT2D eigenvalue weighted by Gasteiger charge is 2.48. The Labute approximate surface area is 88.9 Å². The van der Waals surface area contributed by atoms with Gasteiger partial charge in [-0.15, -0.1) is 0 Å². The van der Waals surface area contributed by atoms with E-state index >= 15 is 0 Å². The molecular formula is C8H15NO5S. The predicted octanol–water partition coefficient (Wildman–Crippen LogP) is -0.488. The van der Waals surface area contributed by atoms with E-state index in [0.29, 0.717) is 6.42 Å². The van der Waals surface area contributed by atoms with Gasteiger partial charge in [0.2, 0.25) is 10.0 Å². The van der Waals surface area contributed by atoms with Crippen LogP contribution in [0.1, 0.15) is 13.3 Å². The Morgan fingerprint density at radius 1 is 1.60 bits per heavy atom. The first-order valence-corrected chi connectivity index (χ1v) is 6.18. The molecule has 88 valence electrons. The Hall–Kier alpha value is -0.660. The van der Waals surface area contributed by atoms with Crippen LogP contribution in [0, 0.1) is 0 Å². The first-order chi connectivity index (χ1) is 6.84. The molecule has 0 saturated carbocycles. The van der Waals surface area contributed by atoms with Crippen molar-refractivity contribution in [3.63, 3.8) is 0 Å². The van der Waals surface area contributed by atoms with Crippen LogP contribution >= 0.6 is 0 Å². The third kappa shape index (κ3) is 2.14. The van der Waals surface area contributed by atoms with Crippen molar-refractivity contribution in [3.05, 3.63) is 0 Å². The van der Waals surface area contributed by atoms with Gasteiger partial charge in [0.25, 0.3) is 0 Å².